The number of carbonyl (C=O) groups excluding carboxylic acids is 2. The van der Waals surface area contributed by atoms with Crippen LogP contribution in [0.1, 0.15) is 41.6 Å². The molecule has 124 valence electrons. The maximum absolute atomic E-state index is 12.8. The molecule has 1 atom stereocenters. The normalized spacial score (nSPS) is 24.8. The van der Waals surface area contributed by atoms with E-state index in [4.69, 9.17) is 4.74 Å². The molecule has 0 bridgehead atoms. The molecule has 0 unspecified atom stereocenters. The first kappa shape index (κ1) is 15.8. The van der Waals surface area contributed by atoms with Crippen molar-refractivity contribution in [3.05, 3.63) is 35.4 Å². The smallest absolute Gasteiger partial charge is 0.416 e. The minimum absolute atomic E-state index is 0.00111. The summed E-state index contributed by atoms with van der Waals surface area (Å²) in [5.74, 6) is -0.739. The molecule has 0 aromatic heterocycles. The second kappa shape index (κ2) is 5.54. The third-order valence-electron chi connectivity index (χ3n) is 4.38. The molecule has 2 fully saturated rings. The molecule has 0 saturated carbocycles. The second-order valence-corrected chi connectivity index (χ2v) is 6.07. The first-order chi connectivity index (χ1) is 10.8. The average Bonchev–Trinajstić information content (AvgIpc) is 2.86. The number of alkyl halides is 3. The maximum atomic E-state index is 12.8. The zero-order valence-corrected chi connectivity index (χ0v) is 12.4. The van der Waals surface area contributed by atoms with Crippen molar-refractivity contribution in [2.75, 3.05) is 13.1 Å². The Bertz CT molecular complexity index is 644. The molecule has 23 heavy (non-hydrogen) atoms. The Morgan fingerprint density at radius 2 is 2.04 bits per heavy atom. The van der Waals surface area contributed by atoms with E-state index in [1.54, 1.807) is 0 Å². The predicted octanol–water partition coefficient (Wildman–Crippen LogP) is 3.02. The lowest BCUT2D eigenvalue weighted by Crippen LogP contribution is -2.50. The number of amides is 1. The molecule has 0 N–H and O–H groups in total. The summed E-state index contributed by atoms with van der Waals surface area (Å²) >= 11 is 0. The molecule has 2 aliphatic rings. The van der Waals surface area contributed by atoms with E-state index in [2.05, 4.69) is 0 Å². The van der Waals surface area contributed by atoms with E-state index in [0.29, 0.717) is 32.2 Å². The fourth-order valence-electron chi connectivity index (χ4n) is 3.24. The van der Waals surface area contributed by atoms with Gasteiger partial charge in [0.25, 0.3) is 5.91 Å². The van der Waals surface area contributed by atoms with Gasteiger partial charge in [0, 0.05) is 18.5 Å². The Kier molecular flexibility index (Phi) is 3.82. The average molecular weight is 327 g/mol. The van der Waals surface area contributed by atoms with Crippen LogP contribution in [0, 0.1) is 0 Å². The fraction of sp³-hybridized carbons (Fsp3) is 0.500. The van der Waals surface area contributed by atoms with Crippen LogP contribution in [0.15, 0.2) is 24.3 Å². The van der Waals surface area contributed by atoms with Gasteiger partial charge in [0.1, 0.15) is 5.60 Å². The van der Waals surface area contributed by atoms with Gasteiger partial charge in [-0.25, -0.2) is 0 Å². The minimum atomic E-state index is -4.49. The van der Waals surface area contributed by atoms with Crippen LogP contribution >= 0.6 is 0 Å². The van der Waals surface area contributed by atoms with E-state index >= 15 is 0 Å². The molecule has 1 aromatic carbocycles. The van der Waals surface area contributed by atoms with Crippen molar-refractivity contribution in [3.8, 4) is 0 Å². The molecular weight excluding hydrogens is 311 g/mol. The SMILES string of the molecule is O=C1CC[C@@]2(CCCN(C(=O)c3cccc(C(F)(F)F)c3)C2)O1. The highest BCUT2D eigenvalue weighted by atomic mass is 19.4. The first-order valence-corrected chi connectivity index (χ1v) is 7.48. The Hall–Kier alpha value is -2.05. The van der Waals surface area contributed by atoms with E-state index in [-0.39, 0.29) is 18.1 Å². The van der Waals surface area contributed by atoms with E-state index in [1.807, 2.05) is 0 Å². The van der Waals surface area contributed by atoms with Crippen LogP contribution < -0.4 is 0 Å². The van der Waals surface area contributed by atoms with Gasteiger partial charge in [-0.15, -0.1) is 0 Å². The van der Waals surface area contributed by atoms with Gasteiger partial charge in [-0.3, -0.25) is 9.59 Å². The molecule has 2 heterocycles. The zero-order valence-electron chi connectivity index (χ0n) is 12.4. The summed E-state index contributed by atoms with van der Waals surface area (Å²) in [4.78, 5) is 25.4. The monoisotopic (exact) mass is 327 g/mol. The predicted molar refractivity (Wildman–Crippen MR) is 74.6 cm³/mol. The number of nitrogens with zero attached hydrogens (tertiary/aromatic N) is 1. The molecule has 1 spiro atoms. The number of hydrogen-bond donors (Lipinski definition) is 0. The molecule has 0 radical (unpaired) electrons. The van der Waals surface area contributed by atoms with Crippen molar-refractivity contribution >= 4 is 11.9 Å². The second-order valence-electron chi connectivity index (χ2n) is 6.07. The van der Waals surface area contributed by atoms with E-state index < -0.39 is 23.2 Å². The zero-order chi connectivity index (χ0) is 16.7. The van der Waals surface area contributed by atoms with Crippen molar-refractivity contribution in [2.24, 2.45) is 0 Å². The number of rotatable bonds is 1. The van der Waals surface area contributed by atoms with Crippen LogP contribution in [0.25, 0.3) is 0 Å². The van der Waals surface area contributed by atoms with Gasteiger partial charge in [-0.1, -0.05) is 6.07 Å². The van der Waals surface area contributed by atoms with Crippen LogP contribution in [0.3, 0.4) is 0 Å². The van der Waals surface area contributed by atoms with Crippen molar-refractivity contribution in [2.45, 2.75) is 37.5 Å². The number of ether oxygens (including phenoxy) is 1. The summed E-state index contributed by atoms with van der Waals surface area (Å²) in [5, 5.41) is 0. The summed E-state index contributed by atoms with van der Waals surface area (Å²) in [6.07, 6.45) is -2.26. The lowest BCUT2D eigenvalue weighted by molar-refractivity contribution is -0.151. The van der Waals surface area contributed by atoms with Gasteiger partial charge < -0.3 is 9.64 Å². The molecule has 1 aromatic rings. The molecule has 7 heteroatoms. The number of hydrogen-bond acceptors (Lipinski definition) is 3. The lowest BCUT2D eigenvalue weighted by atomic mass is 9.89. The number of likely N-dealkylation sites (tertiary alicyclic amines) is 1. The minimum Gasteiger partial charge on any atom is -0.457 e. The van der Waals surface area contributed by atoms with Gasteiger partial charge in [-0.05, 0) is 37.5 Å². The van der Waals surface area contributed by atoms with Crippen LogP contribution in [-0.2, 0) is 15.7 Å². The molecule has 0 aliphatic carbocycles. The Morgan fingerprint density at radius 1 is 1.26 bits per heavy atom. The van der Waals surface area contributed by atoms with Crippen LogP contribution in [0.4, 0.5) is 13.2 Å². The molecular formula is C16H16F3NO3. The number of benzene rings is 1. The highest BCUT2D eigenvalue weighted by molar-refractivity contribution is 5.94. The Balaban J connectivity index is 1.79. The summed E-state index contributed by atoms with van der Waals surface area (Å²) in [6.45, 7) is 0.697. The number of carbonyl (C=O) groups is 2. The van der Waals surface area contributed by atoms with E-state index in [1.165, 1.54) is 17.0 Å². The Labute approximate surface area is 131 Å². The summed E-state index contributed by atoms with van der Waals surface area (Å²) in [6, 6.07) is 4.41. The van der Waals surface area contributed by atoms with Crippen molar-refractivity contribution in [1.29, 1.82) is 0 Å². The Morgan fingerprint density at radius 3 is 2.70 bits per heavy atom. The van der Waals surface area contributed by atoms with Crippen LogP contribution in [0.5, 0.6) is 0 Å². The van der Waals surface area contributed by atoms with Crippen molar-refractivity contribution in [1.82, 2.24) is 4.90 Å². The standard InChI is InChI=1S/C16H16F3NO3/c17-16(18,19)12-4-1-3-11(9-12)14(22)20-8-2-6-15(10-20)7-5-13(21)23-15/h1,3-4,9H,2,5-8,10H2/t15-/m1/s1. The van der Waals surface area contributed by atoms with E-state index in [0.717, 1.165) is 12.1 Å². The topological polar surface area (TPSA) is 46.6 Å². The van der Waals surface area contributed by atoms with Crippen molar-refractivity contribution in [3.63, 3.8) is 0 Å². The van der Waals surface area contributed by atoms with Crippen LogP contribution in [-0.4, -0.2) is 35.5 Å². The highest BCUT2D eigenvalue weighted by Gasteiger charge is 2.44. The van der Waals surface area contributed by atoms with Gasteiger partial charge in [0.05, 0.1) is 12.1 Å². The number of esters is 1. The molecule has 2 saturated heterocycles. The first-order valence-electron chi connectivity index (χ1n) is 7.48. The molecule has 3 rings (SSSR count). The lowest BCUT2D eigenvalue weighted by Gasteiger charge is -2.39. The maximum Gasteiger partial charge on any atom is 0.416 e. The molecule has 2 aliphatic heterocycles. The fourth-order valence-corrected chi connectivity index (χ4v) is 3.24. The highest BCUT2D eigenvalue weighted by Crippen LogP contribution is 2.36. The van der Waals surface area contributed by atoms with Crippen molar-refractivity contribution < 1.29 is 27.5 Å². The third-order valence-corrected chi connectivity index (χ3v) is 4.38. The summed E-state index contributed by atoms with van der Waals surface area (Å²) < 4.78 is 43.7. The van der Waals surface area contributed by atoms with Gasteiger partial charge in [-0.2, -0.15) is 13.2 Å². The number of piperidine rings is 1. The van der Waals surface area contributed by atoms with Gasteiger partial charge in [0.15, 0.2) is 0 Å². The van der Waals surface area contributed by atoms with Gasteiger partial charge in [0.2, 0.25) is 0 Å². The third kappa shape index (κ3) is 3.18. The number of halogens is 3. The van der Waals surface area contributed by atoms with Crippen LogP contribution in [0.2, 0.25) is 0 Å². The molecule has 1 amide bonds. The quantitative estimate of drug-likeness (QED) is 0.745. The van der Waals surface area contributed by atoms with Gasteiger partial charge >= 0.3 is 12.1 Å². The summed E-state index contributed by atoms with van der Waals surface area (Å²) in [7, 11) is 0. The summed E-state index contributed by atoms with van der Waals surface area (Å²) in [5.41, 5.74) is -1.50. The largest absolute Gasteiger partial charge is 0.457 e. The molecule has 4 nitrogen and oxygen atoms in total. The van der Waals surface area contributed by atoms with E-state index in [9.17, 15) is 22.8 Å².